The lowest BCUT2D eigenvalue weighted by Crippen LogP contribution is -2.18. The number of nitro groups is 1. The highest BCUT2D eigenvalue weighted by molar-refractivity contribution is 6.36. The molecule has 0 atom stereocenters. The molecule has 0 spiro atoms. The Morgan fingerprint density at radius 3 is 2.43 bits per heavy atom. The summed E-state index contributed by atoms with van der Waals surface area (Å²) in [6.07, 6.45) is 7.53. The predicted octanol–water partition coefficient (Wildman–Crippen LogP) is 3.17. The van der Waals surface area contributed by atoms with E-state index < -0.39 is 10.9 Å². The van der Waals surface area contributed by atoms with E-state index in [1.807, 2.05) is 0 Å². The summed E-state index contributed by atoms with van der Waals surface area (Å²) in [7, 11) is 0. The van der Waals surface area contributed by atoms with Crippen molar-refractivity contribution >= 4 is 11.7 Å². The van der Waals surface area contributed by atoms with Gasteiger partial charge < -0.3 is 9.94 Å². The molecule has 1 N–H and O–H groups in total. The van der Waals surface area contributed by atoms with Gasteiger partial charge in [-0.05, 0) is 12.8 Å². The van der Waals surface area contributed by atoms with Gasteiger partial charge in [0, 0.05) is 17.8 Å². The van der Waals surface area contributed by atoms with Gasteiger partial charge in [-0.2, -0.15) is 0 Å². The van der Waals surface area contributed by atoms with E-state index in [4.69, 9.17) is 9.94 Å². The molecule has 0 radical (unpaired) electrons. The lowest BCUT2D eigenvalue weighted by Gasteiger charge is -2.06. The van der Waals surface area contributed by atoms with Crippen molar-refractivity contribution < 1.29 is 19.7 Å². The Bertz CT molecular complexity index is 331. The van der Waals surface area contributed by atoms with Crippen LogP contribution in [-0.2, 0) is 9.53 Å². The molecule has 0 aliphatic carbocycles. The van der Waals surface area contributed by atoms with Gasteiger partial charge in [-0.15, -0.1) is 0 Å². The van der Waals surface area contributed by atoms with Crippen molar-refractivity contribution in [2.24, 2.45) is 5.16 Å². The number of carbonyl (C=O) groups excluding carboxylic acids is 1. The summed E-state index contributed by atoms with van der Waals surface area (Å²) in [5.74, 6) is -0.632. The number of nitrogens with zero attached hydrogens (tertiary/aromatic N) is 2. The number of esters is 1. The van der Waals surface area contributed by atoms with Crippen LogP contribution in [0.25, 0.3) is 0 Å². The zero-order valence-corrected chi connectivity index (χ0v) is 12.8. The van der Waals surface area contributed by atoms with Crippen molar-refractivity contribution in [3.8, 4) is 0 Å². The average Bonchev–Trinajstić information content (AvgIpc) is 2.46. The van der Waals surface area contributed by atoms with Gasteiger partial charge in [0.15, 0.2) is 5.71 Å². The van der Waals surface area contributed by atoms with Gasteiger partial charge in [0.2, 0.25) is 6.54 Å². The van der Waals surface area contributed by atoms with Crippen molar-refractivity contribution in [3.63, 3.8) is 0 Å². The van der Waals surface area contributed by atoms with Crippen LogP contribution in [0, 0.1) is 10.1 Å². The largest absolute Gasteiger partial charge is 0.461 e. The number of ether oxygens (including phenoxy) is 1. The fraction of sp³-hybridized carbons (Fsp3) is 0.857. The third kappa shape index (κ3) is 11.8. The van der Waals surface area contributed by atoms with Crippen LogP contribution in [-0.4, -0.2) is 35.0 Å². The SMILES string of the molecule is CCCCCCCCOC(=O)/C(CCCC[N+](=O)[O-])=N\O. The molecule has 0 amide bonds. The molecule has 0 aromatic rings. The summed E-state index contributed by atoms with van der Waals surface area (Å²) in [4.78, 5) is 21.3. The lowest BCUT2D eigenvalue weighted by molar-refractivity contribution is -0.480. The number of hydrogen-bond acceptors (Lipinski definition) is 6. The zero-order chi connectivity index (χ0) is 15.9. The third-order valence-corrected chi connectivity index (χ3v) is 3.09. The quantitative estimate of drug-likeness (QED) is 0.141. The molecule has 7 heteroatoms. The van der Waals surface area contributed by atoms with E-state index in [0.29, 0.717) is 19.4 Å². The molecule has 0 aliphatic heterocycles. The Morgan fingerprint density at radius 1 is 1.14 bits per heavy atom. The van der Waals surface area contributed by atoms with Crippen LogP contribution in [0.4, 0.5) is 0 Å². The first kappa shape index (κ1) is 19.3. The van der Waals surface area contributed by atoms with Crippen LogP contribution >= 0.6 is 0 Å². The van der Waals surface area contributed by atoms with Gasteiger partial charge in [0.1, 0.15) is 0 Å². The first-order valence-electron chi connectivity index (χ1n) is 7.61. The Hall–Kier alpha value is -1.66. The highest BCUT2D eigenvalue weighted by Crippen LogP contribution is 2.06. The third-order valence-electron chi connectivity index (χ3n) is 3.09. The number of hydrogen-bond donors (Lipinski definition) is 1. The van der Waals surface area contributed by atoms with E-state index in [9.17, 15) is 14.9 Å². The molecular weight excluding hydrogens is 276 g/mol. The van der Waals surface area contributed by atoms with Crippen molar-refractivity contribution in [2.45, 2.75) is 64.7 Å². The standard InChI is InChI=1S/C14H26N2O5/c1-2-3-4-5-6-9-12-21-14(17)13(15-18)10-7-8-11-16(19)20/h18H,2-12H2,1H3/b15-13-. The maximum atomic E-state index is 11.6. The van der Waals surface area contributed by atoms with Crippen LogP contribution in [0.1, 0.15) is 64.7 Å². The van der Waals surface area contributed by atoms with Crippen LogP contribution in [0.2, 0.25) is 0 Å². The second-order valence-corrected chi connectivity index (χ2v) is 4.96. The number of unbranched alkanes of at least 4 members (excludes halogenated alkanes) is 6. The summed E-state index contributed by atoms with van der Waals surface area (Å²) in [5, 5.41) is 21.8. The zero-order valence-electron chi connectivity index (χ0n) is 12.8. The molecule has 0 saturated carbocycles. The minimum Gasteiger partial charge on any atom is -0.461 e. The van der Waals surface area contributed by atoms with Crippen LogP contribution < -0.4 is 0 Å². The minimum atomic E-state index is -0.632. The van der Waals surface area contributed by atoms with Crippen LogP contribution in [0.15, 0.2) is 5.16 Å². The normalized spacial score (nSPS) is 11.4. The highest BCUT2D eigenvalue weighted by atomic mass is 16.6. The summed E-state index contributed by atoms with van der Waals surface area (Å²) in [6, 6.07) is 0. The number of oxime groups is 1. The maximum absolute atomic E-state index is 11.6. The summed E-state index contributed by atoms with van der Waals surface area (Å²) in [5.41, 5.74) is -0.0654. The highest BCUT2D eigenvalue weighted by Gasteiger charge is 2.14. The molecule has 0 rings (SSSR count). The maximum Gasteiger partial charge on any atom is 0.356 e. The van der Waals surface area contributed by atoms with Gasteiger partial charge >= 0.3 is 5.97 Å². The van der Waals surface area contributed by atoms with Crippen molar-refractivity contribution in [3.05, 3.63) is 10.1 Å². The molecule has 21 heavy (non-hydrogen) atoms. The van der Waals surface area contributed by atoms with Crippen molar-refractivity contribution in [1.29, 1.82) is 0 Å². The molecule has 0 fully saturated rings. The van der Waals surface area contributed by atoms with E-state index >= 15 is 0 Å². The molecule has 122 valence electrons. The first-order valence-corrected chi connectivity index (χ1v) is 7.61. The summed E-state index contributed by atoms with van der Waals surface area (Å²) < 4.78 is 5.02. The monoisotopic (exact) mass is 302 g/mol. The van der Waals surface area contributed by atoms with E-state index in [-0.39, 0.29) is 18.7 Å². The van der Waals surface area contributed by atoms with Gasteiger partial charge in [-0.25, -0.2) is 4.79 Å². The van der Waals surface area contributed by atoms with Gasteiger partial charge in [0.25, 0.3) is 0 Å². The molecule has 0 saturated heterocycles. The van der Waals surface area contributed by atoms with E-state index in [1.165, 1.54) is 19.3 Å². The molecule has 7 nitrogen and oxygen atoms in total. The van der Waals surface area contributed by atoms with Crippen LogP contribution in [0.5, 0.6) is 0 Å². The molecular formula is C14H26N2O5. The van der Waals surface area contributed by atoms with E-state index in [1.54, 1.807) is 0 Å². The van der Waals surface area contributed by atoms with Crippen molar-refractivity contribution in [1.82, 2.24) is 0 Å². The average molecular weight is 302 g/mol. The fourth-order valence-corrected chi connectivity index (χ4v) is 1.86. The Morgan fingerprint density at radius 2 is 1.81 bits per heavy atom. The lowest BCUT2D eigenvalue weighted by atomic mass is 10.1. The predicted molar refractivity (Wildman–Crippen MR) is 79.3 cm³/mol. The molecule has 0 heterocycles. The molecule has 0 bridgehead atoms. The smallest absolute Gasteiger partial charge is 0.356 e. The van der Waals surface area contributed by atoms with Crippen molar-refractivity contribution in [2.75, 3.05) is 13.2 Å². The van der Waals surface area contributed by atoms with Gasteiger partial charge in [0.05, 0.1) is 6.61 Å². The van der Waals surface area contributed by atoms with Gasteiger partial charge in [-0.1, -0.05) is 44.2 Å². The second-order valence-electron chi connectivity index (χ2n) is 4.96. The number of rotatable bonds is 13. The summed E-state index contributed by atoms with van der Waals surface area (Å²) in [6.45, 7) is 2.33. The van der Waals surface area contributed by atoms with E-state index in [0.717, 1.165) is 19.3 Å². The number of carbonyl (C=O) groups is 1. The second kappa shape index (κ2) is 13.3. The topological polar surface area (TPSA) is 102 Å². The van der Waals surface area contributed by atoms with E-state index in [2.05, 4.69) is 12.1 Å². The molecule has 0 aliphatic rings. The molecule has 0 unspecified atom stereocenters. The minimum absolute atomic E-state index is 0.0654. The fourth-order valence-electron chi connectivity index (χ4n) is 1.86. The molecule has 0 aromatic carbocycles. The Kier molecular flexibility index (Phi) is 12.3. The molecule has 0 aromatic heterocycles. The summed E-state index contributed by atoms with van der Waals surface area (Å²) >= 11 is 0. The Balaban J connectivity index is 3.68. The van der Waals surface area contributed by atoms with Gasteiger partial charge in [-0.3, -0.25) is 10.1 Å². The van der Waals surface area contributed by atoms with Crippen LogP contribution in [0.3, 0.4) is 0 Å². The first-order chi connectivity index (χ1) is 10.1. The Labute approximate surface area is 125 Å².